The summed E-state index contributed by atoms with van der Waals surface area (Å²) >= 11 is 5.85. The first-order chi connectivity index (χ1) is 14.3. The highest BCUT2D eigenvalue weighted by Crippen LogP contribution is 2.25. The standard InChI is InChI=1S/C23H35N3O2S/c1-2-28-22-12-7-6-11-21(22)24-23(29)26(19-20-9-4-3-5-10-20)14-8-13-25-15-17-27-18-16-25/h3-4,6-7,11-12,20H,2,5,8-10,13-19H2,1H3,(H,24,29). The van der Waals surface area contributed by atoms with Crippen LogP contribution in [0.5, 0.6) is 5.75 Å². The molecule has 6 heteroatoms. The molecule has 0 aromatic heterocycles. The summed E-state index contributed by atoms with van der Waals surface area (Å²) in [5.41, 5.74) is 0.945. The predicted octanol–water partition coefficient (Wildman–Crippen LogP) is 4.16. The first kappa shape index (κ1) is 22.1. The molecule has 1 aliphatic heterocycles. The molecule has 1 heterocycles. The first-order valence-electron chi connectivity index (χ1n) is 11.0. The molecule has 2 aliphatic rings. The van der Waals surface area contributed by atoms with Gasteiger partial charge >= 0.3 is 0 Å². The molecule has 3 rings (SSSR count). The van der Waals surface area contributed by atoms with Crippen LogP contribution < -0.4 is 10.1 Å². The van der Waals surface area contributed by atoms with E-state index >= 15 is 0 Å². The summed E-state index contributed by atoms with van der Waals surface area (Å²) < 4.78 is 11.2. The number of rotatable bonds is 9. The van der Waals surface area contributed by atoms with Crippen LogP contribution in [0, 0.1) is 5.92 Å². The molecule has 0 amide bonds. The van der Waals surface area contributed by atoms with Crippen molar-refractivity contribution in [1.29, 1.82) is 0 Å². The Morgan fingerprint density at radius 3 is 2.86 bits per heavy atom. The van der Waals surface area contributed by atoms with Crippen LogP contribution in [0.25, 0.3) is 0 Å². The van der Waals surface area contributed by atoms with Crippen LogP contribution in [0.15, 0.2) is 36.4 Å². The minimum atomic E-state index is 0.642. The Bertz CT molecular complexity index is 661. The number of nitrogens with zero attached hydrogens (tertiary/aromatic N) is 2. The van der Waals surface area contributed by atoms with Crippen LogP contribution in [0.1, 0.15) is 32.6 Å². The first-order valence-corrected chi connectivity index (χ1v) is 11.4. The zero-order valence-electron chi connectivity index (χ0n) is 17.6. The molecule has 1 saturated heterocycles. The third kappa shape index (κ3) is 7.28. The van der Waals surface area contributed by atoms with E-state index in [1.165, 1.54) is 12.8 Å². The maximum Gasteiger partial charge on any atom is 0.173 e. The van der Waals surface area contributed by atoms with Gasteiger partial charge in [0.25, 0.3) is 0 Å². The number of benzene rings is 1. The monoisotopic (exact) mass is 417 g/mol. The lowest BCUT2D eigenvalue weighted by Crippen LogP contribution is -2.42. The second-order valence-corrected chi connectivity index (χ2v) is 8.15. The van der Waals surface area contributed by atoms with Crippen molar-refractivity contribution in [2.75, 3.05) is 57.9 Å². The van der Waals surface area contributed by atoms with Gasteiger partial charge < -0.3 is 19.7 Å². The second kappa shape index (κ2) is 12.2. The molecule has 0 bridgehead atoms. The summed E-state index contributed by atoms with van der Waals surface area (Å²) in [5, 5.41) is 4.25. The van der Waals surface area contributed by atoms with Crippen LogP contribution >= 0.6 is 12.2 Å². The molecule has 1 aromatic carbocycles. The Kier molecular flexibility index (Phi) is 9.25. The van der Waals surface area contributed by atoms with Gasteiger partial charge in [-0.3, -0.25) is 4.90 Å². The van der Waals surface area contributed by atoms with Crippen molar-refractivity contribution in [3.63, 3.8) is 0 Å². The highest BCUT2D eigenvalue weighted by Gasteiger charge is 2.19. The maximum atomic E-state index is 5.85. The van der Waals surface area contributed by atoms with Crippen LogP contribution in [-0.2, 0) is 4.74 Å². The summed E-state index contributed by atoms with van der Waals surface area (Å²) in [6.07, 6.45) is 9.30. The van der Waals surface area contributed by atoms with E-state index in [2.05, 4.69) is 27.3 Å². The average Bonchev–Trinajstić information content (AvgIpc) is 2.76. The van der Waals surface area contributed by atoms with Crippen molar-refractivity contribution in [1.82, 2.24) is 9.80 Å². The number of nitrogens with one attached hydrogen (secondary N) is 1. The Morgan fingerprint density at radius 2 is 2.10 bits per heavy atom. The lowest BCUT2D eigenvalue weighted by molar-refractivity contribution is 0.0367. The van der Waals surface area contributed by atoms with E-state index in [9.17, 15) is 0 Å². The summed E-state index contributed by atoms with van der Waals surface area (Å²) in [7, 11) is 0. The molecule has 1 aromatic rings. The molecule has 1 N–H and O–H groups in total. The topological polar surface area (TPSA) is 37.0 Å². The summed E-state index contributed by atoms with van der Waals surface area (Å²) in [6, 6.07) is 8.03. The van der Waals surface area contributed by atoms with Crippen LogP contribution in [0.2, 0.25) is 0 Å². The molecule has 1 atom stereocenters. The molecule has 0 radical (unpaired) electrons. The van der Waals surface area contributed by atoms with Crippen LogP contribution in [0.3, 0.4) is 0 Å². The number of thiocarbonyl (C=S) groups is 1. The minimum absolute atomic E-state index is 0.642. The Morgan fingerprint density at radius 1 is 1.28 bits per heavy atom. The highest BCUT2D eigenvalue weighted by atomic mass is 32.1. The maximum absolute atomic E-state index is 5.85. The zero-order chi connectivity index (χ0) is 20.3. The fourth-order valence-corrected chi connectivity index (χ4v) is 4.24. The normalized spacial score (nSPS) is 19.7. The van der Waals surface area contributed by atoms with Gasteiger partial charge in [0.2, 0.25) is 0 Å². The average molecular weight is 418 g/mol. The molecular weight excluding hydrogens is 382 g/mol. The number of ether oxygens (including phenoxy) is 2. The number of hydrogen-bond donors (Lipinski definition) is 1. The Balaban J connectivity index is 1.59. The van der Waals surface area contributed by atoms with E-state index in [1.807, 2.05) is 31.2 Å². The van der Waals surface area contributed by atoms with Crippen molar-refractivity contribution >= 4 is 23.0 Å². The van der Waals surface area contributed by atoms with E-state index in [4.69, 9.17) is 21.7 Å². The Labute approximate surface area is 181 Å². The van der Waals surface area contributed by atoms with Gasteiger partial charge in [0.15, 0.2) is 5.11 Å². The fraction of sp³-hybridized carbons (Fsp3) is 0.609. The van der Waals surface area contributed by atoms with Crippen molar-refractivity contribution in [2.24, 2.45) is 5.92 Å². The van der Waals surface area contributed by atoms with E-state index in [-0.39, 0.29) is 0 Å². The molecular formula is C23H35N3O2S. The van der Waals surface area contributed by atoms with Gasteiger partial charge in [-0.1, -0.05) is 24.3 Å². The van der Waals surface area contributed by atoms with Gasteiger partial charge in [-0.2, -0.15) is 0 Å². The molecule has 5 nitrogen and oxygen atoms in total. The zero-order valence-corrected chi connectivity index (χ0v) is 18.5. The van der Waals surface area contributed by atoms with E-state index in [0.29, 0.717) is 12.5 Å². The second-order valence-electron chi connectivity index (χ2n) is 7.76. The molecule has 29 heavy (non-hydrogen) atoms. The number of hydrogen-bond acceptors (Lipinski definition) is 4. The lowest BCUT2D eigenvalue weighted by atomic mass is 9.94. The third-order valence-corrected chi connectivity index (χ3v) is 5.94. The minimum Gasteiger partial charge on any atom is -0.492 e. The van der Waals surface area contributed by atoms with E-state index in [1.54, 1.807) is 0 Å². The quantitative estimate of drug-likeness (QED) is 0.480. The van der Waals surface area contributed by atoms with Gasteiger partial charge in [-0.15, -0.1) is 0 Å². The molecule has 0 saturated carbocycles. The van der Waals surface area contributed by atoms with Gasteiger partial charge in [0.1, 0.15) is 5.75 Å². The molecule has 1 unspecified atom stereocenters. The van der Waals surface area contributed by atoms with Gasteiger partial charge in [0, 0.05) is 32.7 Å². The van der Waals surface area contributed by atoms with Crippen LogP contribution in [0.4, 0.5) is 5.69 Å². The Hall–Kier alpha value is -1.63. The highest BCUT2D eigenvalue weighted by molar-refractivity contribution is 7.80. The molecule has 160 valence electrons. The SMILES string of the molecule is CCOc1ccccc1NC(=S)N(CCCN1CCOCC1)CC1CC=CCC1. The van der Waals surface area contributed by atoms with Crippen molar-refractivity contribution < 1.29 is 9.47 Å². The molecule has 1 aliphatic carbocycles. The van der Waals surface area contributed by atoms with E-state index in [0.717, 1.165) is 75.3 Å². The fourth-order valence-electron chi connectivity index (χ4n) is 3.97. The third-order valence-electron chi connectivity index (χ3n) is 5.58. The number of allylic oxidation sites excluding steroid dienone is 2. The van der Waals surface area contributed by atoms with Gasteiger partial charge in [0.05, 0.1) is 25.5 Å². The predicted molar refractivity (Wildman–Crippen MR) is 124 cm³/mol. The summed E-state index contributed by atoms with van der Waals surface area (Å²) in [5.74, 6) is 1.52. The number of para-hydroxylation sites is 2. The lowest BCUT2D eigenvalue weighted by Gasteiger charge is -2.32. The number of morpholine rings is 1. The van der Waals surface area contributed by atoms with Crippen molar-refractivity contribution in [3.8, 4) is 5.75 Å². The van der Waals surface area contributed by atoms with Crippen LogP contribution in [-0.4, -0.2) is 67.5 Å². The van der Waals surface area contributed by atoms with Gasteiger partial charge in [-0.05, 0) is 62.9 Å². The molecule has 0 spiro atoms. The largest absolute Gasteiger partial charge is 0.492 e. The van der Waals surface area contributed by atoms with E-state index < -0.39 is 0 Å². The number of anilines is 1. The summed E-state index contributed by atoms with van der Waals surface area (Å²) in [4.78, 5) is 4.86. The van der Waals surface area contributed by atoms with Crippen molar-refractivity contribution in [3.05, 3.63) is 36.4 Å². The smallest absolute Gasteiger partial charge is 0.173 e. The summed E-state index contributed by atoms with van der Waals surface area (Å²) in [6.45, 7) is 9.51. The van der Waals surface area contributed by atoms with Crippen molar-refractivity contribution in [2.45, 2.75) is 32.6 Å². The van der Waals surface area contributed by atoms with Gasteiger partial charge in [-0.25, -0.2) is 0 Å². The molecule has 1 fully saturated rings.